The predicted octanol–water partition coefficient (Wildman–Crippen LogP) is 2.73. The average Bonchev–Trinajstić information content (AvgIpc) is 2.97. The number of hydrogen-bond donors (Lipinski definition) is 1. The summed E-state index contributed by atoms with van der Waals surface area (Å²) in [6, 6.07) is 2.23. The first-order valence-electron chi connectivity index (χ1n) is 7.79. The molecule has 3 heteroatoms. The van der Waals surface area contributed by atoms with Crippen molar-refractivity contribution in [3.05, 3.63) is 22.8 Å². The van der Waals surface area contributed by atoms with E-state index < -0.39 is 0 Å². The molecule has 0 amide bonds. The van der Waals surface area contributed by atoms with Gasteiger partial charge in [-0.05, 0) is 69.2 Å². The standard InChI is InChI=1S/C17H25NO2/c1-19-16-11-13(10-12-6-8-18-9-7-12)17(20-2)15-5-3-4-14(15)16/h11-12,18H,3-10H2,1-2H3. The molecule has 3 nitrogen and oxygen atoms in total. The fraction of sp³-hybridized carbons (Fsp3) is 0.647. The summed E-state index contributed by atoms with van der Waals surface area (Å²) >= 11 is 0. The molecule has 0 radical (unpaired) electrons. The quantitative estimate of drug-likeness (QED) is 0.916. The molecule has 0 unspecified atom stereocenters. The van der Waals surface area contributed by atoms with Crippen LogP contribution in [-0.4, -0.2) is 27.3 Å². The van der Waals surface area contributed by atoms with E-state index in [4.69, 9.17) is 9.47 Å². The molecule has 1 fully saturated rings. The largest absolute Gasteiger partial charge is 0.496 e. The molecule has 3 rings (SSSR count). The van der Waals surface area contributed by atoms with E-state index in [1.165, 1.54) is 36.0 Å². The normalized spacial score (nSPS) is 18.9. The van der Waals surface area contributed by atoms with Crippen LogP contribution in [-0.2, 0) is 19.3 Å². The Balaban J connectivity index is 1.92. The molecular weight excluding hydrogens is 250 g/mol. The van der Waals surface area contributed by atoms with E-state index in [-0.39, 0.29) is 0 Å². The van der Waals surface area contributed by atoms with Crippen LogP contribution < -0.4 is 14.8 Å². The highest BCUT2D eigenvalue weighted by Gasteiger charge is 2.25. The van der Waals surface area contributed by atoms with Crippen molar-refractivity contribution >= 4 is 0 Å². The Bertz CT molecular complexity index is 478. The summed E-state index contributed by atoms with van der Waals surface area (Å²) in [6.45, 7) is 2.30. The van der Waals surface area contributed by atoms with Crippen LogP contribution in [0.15, 0.2) is 6.07 Å². The van der Waals surface area contributed by atoms with E-state index in [2.05, 4.69) is 11.4 Å². The van der Waals surface area contributed by atoms with Crippen LogP contribution >= 0.6 is 0 Å². The third-order valence-corrected chi connectivity index (χ3v) is 4.78. The van der Waals surface area contributed by atoms with Crippen molar-refractivity contribution in [1.82, 2.24) is 5.32 Å². The summed E-state index contributed by atoms with van der Waals surface area (Å²) in [5, 5.41) is 3.44. The zero-order valence-corrected chi connectivity index (χ0v) is 12.6. The first-order valence-corrected chi connectivity index (χ1v) is 7.79. The van der Waals surface area contributed by atoms with Gasteiger partial charge in [0.05, 0.1) is 14.2 Å². The minimum atomic E-state index is 0.773. The smallest absolute Gasteiger partial charge is 0.125 e. The van der Waals surface area contributed by atoms with Crippen LogP contribution in [0.2, 0.25) is 0 Å². The summed E-state index contributed by atoms with van der Waals surface area (Å²) in [7, 11) is 3.60. The number of benzene rings is 1. The number of ether oxygens (including phenoxy) is 2. The van der Waals surface area contributed by atoms with Crippen molar-refractivity contribution in [2.45, 2.75) is 38.5 Å². The van der Waals surface area contributed by atoms with Gasteiger partial charge in [-0.15, -0.1) is 0 Å². The highest BCUT2D eigenvalue weighted by Crippen LogP contribution is 2.41. The molecule has 110 valence electrons. The first-order chi connectivity index (χ1) is 9.83. The van der Waals surface area contributed by atoms with Gasteiger partial charge in [-0.1, -0.05) is 0 Å². The molecule has 1 heterocycles. The number of rotatable bonds is 4. The van der Waals surface area contributed by atoms with E-state index in [9.17, 15) is 0 Å². The fourth-order valence-electron chi connectivity index (χ4n) is 3.76. The molecule has 0 spiro atoms. The molecule has 1 aromatic carbocycles. The molecule has 0 aromatic heterocycles. The Hall–Kier alpha value is -1.22. The van der Waals surface area contributed by atoms with Crippen molar-refractivity contribution in [1.29, 1.82) is 0 Å². The van der Waals surface area contributed by atoms with Crippen LogP contribution in [0.1, 0.15) is 36.0 Å². The molecule has 1 aromatic rings. The van der Waals surface area contributed by atoms with Crippen molar-refractivity contribution < 1.29 is 9.47 Å². The summed E-state index contributed by atoms with van der Waals surface area (Å²) in [4.78, 5) is 0. The molecule has 1 aliphatic heterocycles. The highest BCUT2D eigenvalue weighted by atomic mass is 16.5. The van der Waals surface area contributed by atoms with Crippen LogP contribution in [0.5, 0.6) is 11.5 Å². The van der Waals surface area contributed by atoms with Gasteiger partial charge in [0, 0.05) is 11.1 Å². The molecule has 0 bridgehead atoms. The predicted molar refractivity (Wildman–Crippen MR) is 80.9 cm³/mol. The number of methoxy groups -OCH3 is 2. The maximum Gasteiger partial charge on any atom is 0.125 e. The van der Waals surface area contributed by atoms with Gasteiger partial charge in [0.1, 0.15) is 11.5 Å². The Morgan fingerprint density at radius 2 is 1.85 bits per heavy atom. The highest BCUT2D eigenvalue weighted by molar-refractivity contribution is 5.56. The third kappa shape index (κ3) is 2.51. The zero-order chi connectivity index (χ0) is 13.9. The Morgan fingerprint density at radius 3 is 2.55 bits per heavy atom. The topological polar surface area (TPSA) is 30.5 Å². The summed E-state index contributed by atoms with van der Waals surface area (Å²) in [6.07, 6.45) is 7.13. The van der Waals surface area contributed by atoms with Crippen LogP contribution in [0.3, 0.4) is 0 Å². The van der Waals surface area contributed by atoms with Gasteiger partial charge in [-0.3, -0.25) is 0 Å². The number of nitrogens with one attached hydrogen (secondary N) is 1. The zero-order valence-electron chi connectivity index (χ0n) is 12.6. The Morgan fingerprint density at radius 1 is 1.10 bits per heavy atom. The van der Waals surface area contributed by atoms with Gasteiger partial charge in [0.2, 0.25) is 0 Å². The summed E-state index contributed by atoms with van der Waals surface area (Å²) in [5.41, 5.74) is 4.12. The minimum absolute atomic E-state index is 0.773. The number of fused-ring (bicyclic) bond motifs is 1. The van der Waals surface area contributed by atoms with Crippen molar-refractivity contribution in [2.24, 2.45) is 5.92 Å². The monoisotopic (exact) mass is 275 g/mol. The van der Waals surface area contributed by atoms with Gasteiger partial charge in [0.15, 0.2) is 0 Å². The SMILES string of the molecule is COc1cc(CC2CCNCC2)c(OC)c2c1CCC2. The fourth-order valence-corrected chi connectivity index (χ4v) is 3.76. The van der Waals surface area contributed by atoms with Gasteiger partial charge >= 0.3 is 0 Å². The molecule has 2 aliphatic rings. The van der Waals surface area contributed by atoms with E-state index >= 15 is 0 Å². The molecule has 0 atom stereocenters. The lowest BCUT2D eigenvalue weighted by molar-refractivity contribution is 0.357. The van der Waals surface area contributed by atoms with Gasteiger partial charge in [-0.2, -0.15) is 0 Å². The lowest BCUT2D eigenvalue weighted by Crippen LogP contribution is -2.28. The van der Waals surface area contributed by atoms with E-state index in [0.29, 0.717) is 0 Å². The van der Waals surface area contributed by atoms with Crippen LogP contribution in [0.4, 0.5) is 0 Å². The molecule has 1 saturated heterocycles. The Labute approximate surface area is 121 Å². The van der Waals surface area contributed by atoms with E-state index in [1.54, 1.807) is 7.11 Å². The molecule has 20 heavy (non-hydrogen) atoms. The van der Waals surface area contributed by atoms with Crippen LogP contribution in [0.25, 0.3) is 0 Å². The average molecular weight is 275 g/mol. The van der Waals surface area contributed by atoms with Crippen LogP contribution in [0, 0.1) is 5.92 Å². The summed E-state index contributed by atoms with van der Waals surface area (Å²) in [5.74, 6) is 2.98. The number of piperidine rings is 1. The summed E-state index contributed by atoms with van der Waals surface area (Å²) < 4.78 is 11.4. The number of hydrogen-bond acceptors (Lipinski definition) is 3. The lowest BCUT2D eigenvalue weighted by Gasteiger charge is -2.24. The molecule has 1 aliphatic carbocycles. The van der Waals surface area contributed by atoms with Gasteiger partial charge in [0.25, 0.3) is 0 Å². The molecular formula is C17H25NO2. The second-order valence-electron chi connectivity index (χ2n) is 5.98. The Kier molecular flexibility index (Phi) is 4.16. The maximum absolute atomic E-state index is 5.76. The van der Waals surface area contributed by atoms with Crippen molar-refractivity contribution in [3.63, 3.8) is 0 Å². The third-order valence-electron chi connectivity index (χ3n) is 4.78. The molecule has 1 N–H and O–H groups in total. The van der Waals surface area contributed by atoms with Crippen molar-refractivity contribution in [3.8, 4) is 11.5 Å². The molecule has 0 saturated carbocycles. The van der Waals surface area contributed by atoms with Gasteiger partial charge in [-0.25, -0.2) is 0 Å². The lowest BCUT2D eigenvalue weighted by atomic mass is 9.89. The second kappa shape index (κ2) is 6.04. The maximum atomic E-state index is 5.76. The van der Waals surface area contributed by atoms with Gasteiger partial charge < -0.3 is 14.8 Å². The minimum Gasteiger partial charge on any atom is -0.496 e. The van der Waals surface area contributed by atoms with E-state index in [0.717, 1.165) is 49.8 Å². The first kappa shape index (κ1) is 13.7. The second-order valence-corrected chi connectivity index (χ2v) is 5.98. The van der Waals surface area contributed by atoms with E-state index in [1.807, 2.05) is 7.11 Å². The van der Waals surface area contributed by atoms with Crippen molar-refractivity contribution in [2.75, 3.05) is 27.3 Å².